The third-order valence-corrected chi connectivity index (χ3v) is 2.59. The molecule has 1 aromatic carbocycles. The highest BCUT2D eigenvalue weighted by molar-refractivity contribution is 5.62. The summed E-state index contributed by atoms with van der Waals surface area (Å²) in [7, 11) is 4.78. The minimum atomic E-state index is 0.215. The number of nitrogens with one attached hydrogen (secondary N) is 1. The van der Waals surface area contributed by atoms with E-state index in [4.69, 9.17) is 19.2 Å². The molecule has 0 unspecified atom stereocenters. The molecule has 0 amide bonds. The second-order valence-electron chi connectivity index (χ2n) is 3.63. The van der Waals surface area contributed by atoms with Gasteiger partial charge in [0.2, 0.25) is 17.5 Å². The third-order valence-electron chi connectivity index (χ3n) is 2.59. The number of oxazole rings is 1. The molecule has 1 N–H and O–H groups in total. The highest BCUT2D eigenvalue weighted by atomic mass is 16.5. The van der Waals surface area contributed by atoms with Crippen LogP contribution in [0.1, 0.15) is 5.69 Å². The normalized spacial score (nSPS) is 9.79. The summed E-state index contributed by atoms with van der Waals surface area (Å²) in [5.74, 6) is 1.88. The van der Waals surface area contributed by atoms with Crippen molar-refractivity contribution in [1.29, 1.82) is 5.26 Å². The fourth-order valence-electron chi connectivity index (χ4n) is 1.66. The van der Waals surface area contributed by atoms with Gasteiger partial charge in [0, 0.05) is 12.6 Å². The van der Waals surface area contributed by atoms with Crippen LogP contribution in [-0.2, 0) is 0 Å². The molecule has 98 valence electrons. The van der Waals surface area contributed by atoms with E-state index >= 15 is 0 Å². The van der Waals surface area contributed by atoms with Crippen molar-refractivity contribution >= 4 is 5.88 Å². The molecular formula is C13H13N3O3. The van der Waals surface area contributed by atoms with Gasteiger partial charge in [0.25, 0.3) is 0 Å². The van der Waals surface area contributed by atoms with Gasteiger partial charge in [-0.3, -0.25) is 0 Å². The smallest absolute Gasteiger partial charge is 0.232 e. The van der Waals surface area contributed by atoms with E-state index in [1.54, 1.807) is 39.5 Å². The Kier molecular flexibility index (Phi) is 3.57. The zero-order valence-electron chi connectivity index (χ0n) is 10.9. The van der Waals surface area contributed by atoms with Crippen molar-refractivity contribution in [2.24, 2.45) is 0 Å². The van der Waals surface area contributed by atoms with Crippen molar-refractivity contribution in [3.05, 3.63) is 23.9 Å². The van der Waals surface area contributed by atoms with E-state index in [1.807, 2.05) is 6.07 Å². The van der Waals surface area contributed by atoms with E-state index in [-0.39, 0.29) is 5.69 Å². The molecule has 1 heterocycles. The molecule has 2 aromatic rings. The molecule has 0 atom stereocenters. The van der Waals surface area contributed by atoms with E-state index in [0.717, 1.165) is 0 Å². The number of anilines is 1. The predicted octanol–water partition coefficient (Wildman–Crippen LogP) is 2.27. The minimum Gasteiger partial charge on any atom is -0.493 e. The van der Waals surface area contributed by atoms with Crippen LogP contribution < -0.4 is 14.8 Å². The van der Waals surface area contributed by atoms with Crippen LogP contribution in [0.15, 0.2) is 22.6 Å². The van der Waals surface area contributed by atoms with Crippen molar-refractivity contribution in [3.8, 4) is 29.0 Å². The number of aromatic nitrogens is 1. The lowest BCUT2D eigenvalue weighted by Gasteiger charge is -2.07. The largest absolute Gasteiger partial charge is 0.493 e. The molecule has 6 nitrogen and oxygen atoms in total. The average Bonchev–Trinajstić information content (AvgIpc) is 2.89. The van der Waals surface area contributed by atoms with Gasteiger partial charge in [-0.2, -0.15) is 10.2 Å². The van der Waals surface area contributed by atoms with Crippen molar-refractivity contribution in [2.75, 3.05) is 26.6 Å². The van der Waals surface area contributed by atoms with Gasteiger partial charge in [-0.25, -0.2) is 0 Å². The number of hydrogen-bond donors (Lipinski definition) is 1. The molecule has 0 spiro atoms. The second kappa shape index (κ2) is 5.31. The quantitative estimate of drug-likeness (QED) is 0.907. The van der Waals surface area contributed by atoms with Crippen LogP contribution in [-0.4, -0.2) is 26.3 Å². The molecule has 6 heteroatoms. The minimum absolute atomic E-state index is 0.215. The third kappa shape index (κ3) is 2.31. The van der Waals surface area contributed by atoms with Gasteiger partial charge in [-0.05, 0) is 18.2 Å². The predicted molar refractivity (Wildman–Crippen MR) is 69.3 cm³/mol. The molecule has 1 aromatic heterocycles. The Morgan fingerprint density at radius 2 is 2.00 bits per heavy atom. The number of methoxy groups -OCH3 is 2. The fraction of sp³-hybridized carbons (Fsp3) is 0.231. The van der Waals surface area contributed by atoms with Crippen LogP contribution in [0.3, 0.4) is 0 Å². The number of benzene rings is 1. The van der Waals surface area contributed by atoms with Crippen molar-refractivity contribution in [1.82, 2.24) is 4.98 Å². The lowest BCUT2D eigenvalue weighted by Crippen LogP contribution is -1.90. The van der Waals surface area contributed by atoms with Crippen LogP contribution in [0.5, 0.6) is 11.5 Å². The Bertz CT molecular complexity index is 629. The Morgan fingerprint density at radius 3 is 2.53 bits per heavy atom. The Balaban J connectivity index is 2.47. The first-order valence-corrected chi connectivity index (χ1v) is 5.54. The maximum atomic E-state index is 8.94. The van der Waals surface area contributed by atoms with E-state index in [1.165, 1.54) is 0 Å². The van der Waals surface area contributed by atoms with Gasteiger partial charge >= 0.3 is 0 Å². The van der Waals surface area contributed by atoms with Crippen LogP contribution in [0.4, 0.5) is 5.88 Å². The number of nitriles is 1. The molecule has 0 aliphatic heterocycles. The molecular weight excluding hydrogens is 246 g/mol. The lowest BCUT2D eigenvalue weighted by molar-refractivity contribution is 0.355. The van der Waals surface area contributed by atoms with Crippen molar-refractivity contribution < 1.29 is 13.9 Å². The molecule has 0 radical (unpaired) electrons. The summed E-state index contributed by atoms with van der Waals surface area (Å²) in [6, 6.07) is 7.24. The number of nitrogens with zero attached hydrogens (tertiary/aromatic N) is 2. The van der Waals surface area contributed by atoms with Gasteiger partial charge in [-0.15, -0.1) is 0 Å². The van der Waals surface area contributed by atoms with Gasteiger partial charge in [0.15, 0.2) is 11.5 Å². The van der Waals surface area contributed by atoms with Crippen LogP contribution >= 0.6 is 0 Å². The topological polar surface area (TPSA) is 80.3 Å². The average molecular weight is 259 g/mol. The zero-order valence-corrected chi connectivity index (χ0v) is 10.9. The summed E-state index contributed by atoms with van der Waals surface area (Å²) in [4.78, 5) is 4.11. The SMILES string of the molecule is CNc1oc(-c2ccc(OC)c(OC)c2)nc1C#N. The highest BCUT2D eigenvalue weighted by Gasteiger charge is 2.15. The number of rotatable bonds is 4. The van der Waals surface area contributed by atoms with E-state index < -0.39 is 0 Å². The summed E-state index contributed by atoms with van der Waals surface area (Å²) >= 11 is 0. The first-order valence-electron chi connectivity index (χ1n) is 5.54. The van der Waals surface area contributed by atoms with Crippen molar-refractivity contribution in [2.45, 2.75) is 0 Å². The van der Waals surface area contributed by atoms with E-state index in [0.29, 0.717) is 28.8 Å². The van der Waals surface area contributed by atoms with E-state index in [9.17, 15) is 0 Å². The molecule has 0 saturated carbocycles. The van der Waals surface area contributed by atoms with Crippen LogP contribution in [0.2, 0.25) is 0 Å². The monoisotopic (exact) mass is 259 g/mol. The summed E-state index contributed by atoms with van der Waals surface area (Å²) in [5.41, 5.74) is 0.919. The molecule has 19 heavy (non-hydrogen) atoms. The summed E-state index contributed by atoms with van der Waals surface area (Å²) in [6.45, 7) is 0. The highest BCUT2D eigenvalue weighted by Crippen LogP contribution is 2.33. The fourth-order valence-corrected chi connectivity index (χ4v) is 1.66. The van der Waals surface area contributed by atoms with Gasteiger partial charge < -0.3 is 19.2 Å². The summed E-state index contributed by atoms with van der Waals surface area (Å²) in [5, 5.41) is 11.7. The van der Waals surface area contributed by atoms with E-state index in [2.05, 4.69) is 10.3 Å². The molecule has 2 rings (SSSR count). The molecule has 0 aliphatic carbocycles. The second-order valence-corrected chi connectivity index (χ2v) is 3.63. The standard InChI is InChI=1S/C13H13N3O3/c1-15-13-9(7-14)16-12(19-13)8-4-5-10(17-2)11(6-8)18-3/h4-6,15H,1-3H3. The zero-order chi connectivity index (χ0) is 13.8. The molecule has 0 aliphatic rings. The van der Waals surface area contributed by atoms with Crippen molar-refractivity contribution in [3.63, 3.8) is 0 Å². The Morgan fingerprint density at radius 1 is 1.26 bits per heavy atom. The first kappa shape index (κ1) is 12.8. The molecule has 0 saturated heterocycles. The van der Waals surface area contributed by atoms with Crippen LogP contribution in [0.25, 0.3) is 11.5 Å². The number of hydrogen-bond acceptors (Lipinski definition) is 6. The first-order chi connectivity index (χ1) is 9.23. The van der Waals surface area contributed by atoms with Gasteiger partial charge in [0.05, 0.1) is 14.2 Å². The summed E-state index contributed by atoms with van der Waals surface area (Å²) < 4.78 is 15.8. The van der Waals surface area contributed by atoms with Crippen LogP contribution in [0, 0.1) is 11.3 Å². The van der Waals surface area contributed by atoms with Gasteiger partial charge in [-0.1, -0.05) is 0 Å². The van der Waals surface area contributed by atoms with Gasteiger partial charge in [0.1, 0.15) is 6.07 Å². The summed E-state index contributed by atoms with van der Waals surface area (Å²) in [6.07, 6.45) is 0. The maximum absolute atomic E-state index is 8.94. The number of ether oxygens (including phenoxy) is 2. The molecule has 0 fully saturated rings. The Labute approximate surface area is 110 Å². The maximum Gasteiger partial charge on any atom is 0.232 e. The Hall–Kier alpha value is -2.68. The molecule has 0 bridgehead atoms. The lowest BCUT2D eigenvalue weighted by atomic mass is 10.2.